The Labute approximate surface area is 139 Å². The highest BCUT2D eigenvalue weighted by molar-refractivity contribution is 8.14. The minimum atomic E-state index is -1.76. The van der Waals surface area contributed by atoms with E-state index in [2.05, 4.69) is 0 Å². The van der Waals surface area contributed by atoms with Gasteiger partial charge in [-0.1, -0.05) is 0 Å². The quantitative estimate of drug-likeness (QED) is 0.360. The van der Waals surface area contributed by atoms with Crippen molar-refractivity contribution in [2.24, 2.45) is 0 Å². The van der Waals surface area contributed by atoms with Crippen LogP contribution in [0.3, 0.4) is 0 Å². The third-order valence-electron chi connectivity index (χ3n) is 3.40. The van der Waals surface area contributed by atoms with Crippen LogP contribution in [0.25, 0.3) is 0 Å². The van der Waals surface area contributed by atoms with E-state index in [1.54, 1.807) is 0 Å². The molecule has 0 saturated carbocycles. The predicted molar refractivity (Wildman–Crippen MR) is 110 cm³/mol. The van der Waals surface area contributed by atoms with Crippen LogP contribution in [0.4, 0.5) is 4.32 Å². The Kier molecular flexibility index (Phi) is 9.88. The Morgan fingerprint density at radius 3 is 0.850 bits per heavy atom. The van der Waals surface area contributed by atoms with Crippen molar-refractivity contribution in [3.63, 3.8) is 0 Å². The number of rotatable bonds is 8. The van der Waals surface area contributed by atoms with Crippen molar-refractivity contribution in [3.8, 4) is 0 Å². The molecule has 0 atom stereocenters. The molecular formula is B19F. The first kappa shape index (κ1) is 21.2. The van der Waals surface area contributed by atoms with Crippen molar-refractivity contribution in [2.45, 2.75) is 0 Å². The van der Waals surface area contributed by atoms with Crippen molar-refractivity contribution in [2.75, 3.05) is 0 Å². The molecule has 0 rings (SSSR count). The Hall–Kier alpha value is 1.16. The van der Waals surface area contributed by atoms with E-state index in [1.165, 1.54) is 0 Å². The third-order valence-corrected chi connectivity index (χ3v) is 3.40. The summed E-state index contributed by atoms with van der Waals surface area (Å²) in [6.45, 7) is -1.76. The van der Waals surface area contributed by atoms with Crippen LogP contribution in [0, 0.1) is 0 Å². The first-order valence-electron chi connectivity index (χ1n) is 6.22. The smallest absolute Gasteiger partial charge is 0.239 e. The minimum Gasteiger partial charge on any atom is -0.361 e. The summed E-state index contributed by atoms with van der Waals surface area (Å²) in [5.74, 6) is 0. The highest BCUT2D eigenvalue weighted by Gasteiger charge is 2.47. The molecule has 20 radical (unpaired) electrons. The zero-order chi connectivity index (χ0) is 16.2. The molecule has 0 aromatic rings. The first-order valence-corrected chi connectivity index (χ1v) is 6.22. The highest BCUT2D eigenvalue weighted by atomic mass is 19.1. The zero-order valence-electron chi connectivity index (χ0n) is 11.3. The van der Waals surface area contributed by atoms with Crippen LogP contribution in [-0.2, 0) is 0 Å². The van der Waals surface area contributed by atoms with Crippen LogP contribution >= 0.6 is 0 Å². The maximum atomic E-state index is 14.8. The van der Waals surface area contributed by atoms with Crippen LogP contribution in [0.5, 0.6) is 0 Å². The molecule has 0 fully saturated rings. The van der Waals surface area contributed by atoms with Gasteiger partial charge >= 0.3 is 0 Å². The summed E-state index contributed by atoms with van der Waals surface area (Å²) in [6.07, 6.45) is -8.53. The Balaban J connectivity index is 5.44. The SMILES string of the molecule is [B]B([B])B(B([B])[B])B(F)B(B([B])[B])B(B([B])[B])B([B])[B]. The molecule has 0 aliphatic rings. The van der Waals surface area contributed by atoms with Gasteiger partial charge in [0.05, 0.1) is 12.8 Å². The van der Waals surface area contributed by atoms with E-state index in [4.69, 9.17) is 77.4 Å². The van der Waals surface area contributed by atoms with E-state index in [-0.39, 0.29) is 0 Å². The molecular weight excluding hydrogens is 224 g/mol. The highest BCUT2D eigenvalue weighted by Crippen LogP contribution is 2.07. The number of hydrogen-bond acceptors (Lipinski definition) is 0. The fourth-order valence-corrected chi connectivity index (χ4v) is 2.39. The van der Waals surface area contributed by atoms with Crippen molar-refractivity contribution in [1.82, 2.24) is 0 Å². The van der Waals surface area contributed by atoms with Gasteiger partial charge in [-0.25, -0.2) is 0 Å². The summed E-state index contributed by atoms with van der Waals surface area (Å²) in [5.41, 5.74) is 0. The van der Waals surface area contributed by atoms with Gasteiger partial charge in [0.15, 0.2) is 0 Å². The van der Waals surface area contributed by atoms with Crippen LogP contribution in [0.1, 0.15) is 0 Å². The average Bonchev–Trinajstić information content (AvgIpc) is 2.22. The normalized spacial score (nSPS) is 9.25. The van der Waals surface area contributed by atoms with E-state index in [9.17, 15) is 4.32 Å². The van der Waals surface area contributed by atoms with Gasteiger partial charge in [0.1, 0.15) is 0 Å². The van der Waals surface area contributed by atoms with E-state index in [1.807, 2.05) is 0 Å². The second-order valence-electron chi connectivity index (χ2n) is 5.06. The molecule has 0 unspecified atom stereocenters. The molecule has 0 aromatic carbocycles. The lowest BCUT2D eigenvalue weighted by Crippen LogP contribution is -2.77. The van der Waals surface area contributed by atoms with Gasteiger partial charge in [0.25, 0.3) is 0 Å². The second kappa shape index (κ2) is 9.34. The van der Waals surface area contributed by atoms with Crippen molar-refractivity contribution < 1.29 is 4.32 Å². The van der Waals surface area contributed by atoms with Crippen LogP contribution in [0.2, 0.25) is 0 Å². The van der Waals surface area contributed by atoms with Crippen molar-refractivity contribution in [3.05, 3.63) is 0 Å². The Bertz CT molecular complexity index is 236. The van der Waals surface area contributed by atoms with Gasteiger partial charge in [0.2, 0.25) is 6.77 Å². The van der Waals surface area contributed by atoms with E-state index in [0.29, 0.717) is 0 Å². The van der Waals surface area contributed by atoms with Gasteiger partial charge in [-0.15, -0.1) is 0 Å². The lowest BCUT2D eigenvalue weighted by atomic mass is 8.45. The third kappa shape index (κ3) is 5.75. The largest absolute Gasteiger partial charge is 0.361 e. The summed E-state index contributed by atoms with van der Waals surface area (Å²) < 4.78 is 14.8. The molecule has 20 heavy (non-hydrogen) atoms. The molecule has 0 nitrogen and oxygen atoms in total. The summed E-state index contributed by atoms with van der Waals surface area (Å²) in [5, 5.41) is 0. The molecule has 0 aromatic heterocycles. The zero-order valence-corrected chi connectivity index (χ0v) is 11.3. The molecule has 0 amide bonds. The number of halogens is 1. The molecule has 0 spiro atoms. The standard InChI is InChI=1S/B19F/c1-11(2)16(12(3)4)18(15(9)10)19(20)17(13(5)6)14(7)8. The Morgan fingerprint density at radius 1 is 0.400 bits per heavy atom. The molecule has 0 N–H and O–H groups in total. The van der Waals surface area contributed by atoms with Crippen LogP contribution < -0.4 is 0 Å². The van der Waals surface area contributed by atoms with Gasteiger partial charge < -0.3 is 4.32 Å². The molecule has 0 heterocycles. The maximum Gasteiger partial charge on any atom is 0.239 e. The summed E-state index contributed by atoms with van der Waals surface area (Å²) in [7, 11) is 55.5. The number of hydrogen-bond donors (Lipinski definition) is 0. The summed E-state index contributed by atoms with van der Waals surface area (Å²) in [6, 6.07) is 0. The molecule has 0 bridgehead atoms. The van der Waals surface area contributed by atoms with Gasteiger partial charge in [-0.05, 0) is 0 Å². The predicted octanol–water partition coefficient (Wildman–Crippen LogP) is -6.81. The van der Waals surface area contributed by atoms with Crippen molar-refractivity contribution >= 4 is 135 Å². The lowest BCUT2D eigenvalue weighted by molar-refractivity contribution is 0.882. The first-order chi connectivity index (χ1) is 9.02. The van der Waals surface area contributed by atoms with E-state index in [0.717, 1.165) is 0 Å². The monoisotopic (exact) mass is 228 g/mol. The molecule has 0 aliphatic carbocycles. The lowest BCUT2D eigenvalue weighted by Gasteiger charge is -2.37. The van der Waals surface area contributed by atoms with Gasteiger partial charge in [0, 0.05) is 116 Å². The van der Waals surface area contributed by atoms with Crippen LogP contribution in [0.15, 0.2) is 0 Å². The van der Waals surface area contributed by atoms with Gasteiger partial charge in [-0.2, -0.15) is 0 Å². The minimum absolute atomic E-state index is 0.898. The molecule has 20 heteroatoms. The fraction of sp³-hybridized carbons (Fsp3) is 0. The van der Waals surface area contributed by atoms with Gasteiger partial charge in [-0.3, -0.25) is 0 Å². The van der Waals surface area contributed by atoms with Crippen LogP contribution in [-0.4, -0.2) is 135 Å². The molecule has 64 valence electrons. The molecule has 0 saturated heterocycles. The summed E-state index contributed by atoms with van der Waals surface area (Å²) in [4.78, 5) is 0. The van der Waals surface area contributed by atoms with E-state index < -0.39 is 57.9 Å². The summed E-state index contributed by atoms with van der Waals surface area (Å²) >= 11 is 0. The topological polar surface area (TPSA) is 0 Å². The fourth-order valence-electron chi connectivity index (χ4n) is 2.39. The van der Waals surface area contributed by atoms with E-state index >= 15 is 0 Å². The Morgan fingerprint density at radius 2 is 0.650 bits per heavy atom. The van der Waals surface area contributed by atoms with Crippen molar-refractivity contribution in [1.29, 1.82) is 0 Å². The maximum absolute atomic E-state index is 14.8. The average molecular weight is 224 g/mol. The second-order valence-corrected chi connectivity index (χ2v) is 5.06. The molecule has 0 aliphatic heterocycles.